The second kappa shape index (κ2) is 13.9. The third kappa shape index (κ3) is 8.02. The first-order chi connectivity index (χ1) is 17.2. The maximum absolute atomic E-state index is 13.2. The highest BCUT2D eigenvalue weighted by atomic mass is 32.2. The molecule has 0 amide bonds. The number of hydrogen-bond donors (Lipinski definition) is 0. The van der Waals surface area contributed by atoms with Gasteiger partial charge < -0.3 is 4.18 Å². The maximum atomic E-state index is 13.2. The lowest BCUT2D eigenvalue weighted by atomic mass is 9.87. The summed E-state index contributed by atoms with van der Waals surface area (Å²) < 4.78 is 32.2. The quantitative estimate of drug-likeness (QED) is 0.264. The van der Waals surface area contributed by atoms with E-state index in [-0.39, 0.29) is 16.7 Å². The molecule has 0 radical (unpaired) electrons. The highest BCUT2D eigenvalue weighted by Crippen LogP contribution is 2.38. The van der Waals surface area contributed by atoms with Crippen LogP contribution in [-0.2, 0) is 10.1 Å². The fourth-order valence-corrected chi connectivity index (χ4v) is 7.34. The van der Waals surface area contributed by atoms with E-state index in [1.54, 1.807) is 23.9 Å². The molecule has 0 atom stereocenters. The average Bonchev–Trinajstić information content (AvgIpc) is 2.83. The summed E-state index contributed by atoms with van der Waals surface area (Å²) in [6.07, 6.45) is 16.4. The van der Waals surface area contributed by atoms with Gasteiger partial charge in [-0.1, -0.05) is 97.6 Å². The van der Waals surface area contributed by atoms with Gasteiger partial charge in [-0.25, -0.2) is 0 Å². The largest absolute Gasteiger partial charge is 0.379 e. The molecule has 200 valence electrons. The number of benzene rings is 2. The van der Waals surface area contributed by atoms with Crippen molar-refractivity contribution in [2.45, 2.75) is 126 Å². The van der Waals surface area contributed by atoms with Crippen molar-refractivity contribution in [1.82, 2.24) is 0 Å². The molecule has 0 saturated heterocycles. The van der Waals surface area contributed by atoms with Crippen molar-refractivity contribution in [2.24, 2.45) is 0 Å². The predicted molar refractivity (Wildman–Crippen MR) is 154 cm³/mol. The van der Waals surface area contributed by atoms with Crippen LogP contribution in [0.25, 0.3) is 0 Å². The molecule has 0 N–H and O–H groups in total. The molecule has 1 aliphatic carbocycles. The van der Waals surface area contributed by atoms with Crippen molar-refractivity contribution in [1.29, 1.82) is 0 Å². The molecule has 2 aromatic rings. The fourth-order valence-electron chi connectivity index (χ4n) is 5.37. The zero-order valence-electron chi connectivity index (χ0n) is 23.0. The Morgan fingerprint density at radius 3 is 1.61 bits per heavy atom. The molecule has 0 unspecified atom stereocenters. The summed E-state index contributed by atoms with van der Waals surface area (Å²) >= 11 is 1.72. The molecule has 2 aromatic carbocycles. The van der Waals surface area contributed by atoms with Gasteiger partial charge in [-0.2, -0.15) is 8.42 Å². The zero-order chi connectivity index (χ0) is 26.1. The first kappa shape index (κ1) is 29.1. The second-order valence-electron chi connectivity index (χ2n) is 11.0. The maximum Gasteiger partial charge on any atom is 0.339 e. The van der Waals surface area contributed by atoms with Crippen LogP contribution in [0.3, 0.4) is 0 Å². The topological polar surface area (TPSA) is 43.4 Å². The van der Waals surface area contributed by atoms with Gasteiger partial charge in [0.2, 0.25) is 0 Å². The molecule has 1 aliphatic rings. The second-order valence-corrected chi connectivity index (χ2v) is 13.4. The summed E-state index contributed by atoms with van der Waals surface area (Å²) in [5, 5.41) is 0. The van der Waals surface area contributed by atoms with Gasteiger partial charge in [-0.3, -0.25) is 0 Å². The fraction of sp³-hybridized carbons (Fsp3) is 0.613. The van der Waals surface area contributed by atoms with Gasteiger partial charge in [0.05, 0.1) is 0 Å². The molecule has 1 fully saturated rings. The molecule has 36 heavy (non-hydrogen) atoms. The van der Waals surface area contributed by atoms with Gasteiger partial charge in [0.25, 0.3) is 0 Å². The normalized spacial score (nSPS) is 17.1. The van der Waals surface area contributed by atoms with E-state index in [2.05, 4.69) is 34.0 Å². The van der Waals surface area contributed by atoms with Crippen molar-refractivity contribution in [3.05, 3.63) is 53.1 Å². The van der Waals surface area contributed by atoms with E-state index < -0.39 is 10.1 Å². The van der Waals surface area contributed by atoms with Gasteiger partial charge in [0.15, 0.2) is 0 Å². The van der Waals surface area contributed by atoms with Crippen LogP contribution in [0.15, 0.2) is 46.2 Å². The van der Waals surface area contributed by atoms with Crippen LogP contribution in [0.4, 0.5) is 0 Å². The Morgan fingerprint density at radius 2 is 1.19 bits per heavy atom. The lowest BCUT2D eigenvalue weighted by Crippen LogP contribution is -2.11. The molecule has 0 spiro atoms. The number of rotatable bonds is 7. The van der Waals surface area contributed by atoms with Crippen molar-refractivity contribution in [3.63, 3.8) is 0 Å². The van der Waals surface area contributed by atoms with Gasteiger partial charge in [0, 0.05) is 4.90 Å². The van der Waals surface area contributed by atoms with Crippen LogP contribution in [0.5, 0.6) is 5.75 Å². The highest BCUT2D eigenvalue weighted by molar-refractivity contribution is 7.98. The van der Waals surface area contributed by atoms with Crippen molar-refractivity contribution < 1.29 is 12.6 Å². The third-order valence-electron chi connectivity index (χ3n) is 7.52. The Bertz CT molecular complexity index is 1010. The van der Waals surface area contributed by atoms with E-state index in [0.29, 0.717) is 11.7 Å². The monoisotopic (exact) mass is 530 g/mol. The molecule has 3 nitrogen and oxygen atoms in total. The molecule has 3 rings (SSSR count). The smallest absolute Gasteiger partial charge is 0.339 e. The molecule has 0 heterocycles. The van der Waals surface area contributed by atoms with E-state index >= 15 is 0 Å². The Kier molecular flexibility index (Phi) is 11.2. The Morgan fingerprint density at radius 1 is 0.750 bits per heavy atom. The van der Waals surface area contributed by atoms with Gasteiger partial charge in [0.1, 0.15) is 10.6 Å². The minimum absolute atomic E-state index is 0.227. The minimum Gasteiger partial charge on any atom is -0.379 e. The van der Waals surface area contributed by atoms with E-state index in [9.17, 15) is 8.42 Å². The first-order valence-corrected chi connectivity index (χ1v) is 16.6. The molecule has 0 bridgehead atoms. The van der Waals surface area contributed by atoms with Crippen molar-refractivity contribution in [3.8, 4) is 5.75 Å². The zero-order valence-corrected chi connectivity index (χ0v) is 24.6. The van der Waals surface area contributed by atoms with Crippen LogP contribution >= 0.6 is 11.8 Å². The first-order valence-electron chi connectivity index (χ1n) is 14.0. The van der Waals surface area contributed by atoms with E-state index in [4.69, 9.17) is 4.18 Å². The molecule has 5 heteroatoms. The molecular weight excluding hydrogens is 484 g/mol. The summed E-state index contributed by atoms with van der Waals surface area (Å²) in [4.78, 5) is 1.46. The van der Waals surface area contributed by atoms with Crippen molar-refractivity contribution in [2.75, 3.05) is 6.26 Å². The van der Waals surface area contributed by atoms with Crippen LogP contribution in [0, 0.1) is 0 Å². The minimum atomic E-state index is -3.90. The average molecular weight is 531 g/mol. The highest BCUT2D eigenvalue weighted by Gasteiger charge is 2.22. The third-order valence-corrected chi connectivity index (χ3v) is 9.66. The Hall–Kier alpha value is -1.46. The summed E-state index contributed by atoms with van der Waals surface area (Å²) in [7, 11) is -3.90. The Labute approximate surface area is 224 Å². The Balaban J connectivity index is 1.79. The summed E-state index contributed by atoms with van der Waals surface area (Å²) in [5.74, 6) is 1.48. The van der Waals surface area contributed by atoms with Crippen LogP contribution in [-0.4, -0.2) is 14.7 Å². The standard InChI is InChI=1S/C31H46O3S2/c1-23(2)29-21-27(22-30(24(3)4)31(29)35-5)34-36(32,33)28-19-17-26(18-20-28)25-15-13-11-9-7-6-8-10-12-14-16-25/h17-25H,6-16H2,1-5H3. The molecular formula is C31H46O3S2. The molecule has 1 saturated carbocycles. The molecule has 0 aliphatic heterocycles. The van der Waals surface area contributed by atoms with Crippen LogP contribution in [0.2, 0.25) is 0 Å². The summed E-state index contributed by atoms with van der Waals surface area (Å²) in [6.45, 7) is 8.55. The molecule has 0 aromatic heterocycles. The van der Waals surface area contributed by atoms with E-state index in [1.807, 2.05) is 24.3 Å². The van der Waals surface area contributed by atoms with Gasteiger partial charge in [-0.15, -0.1) is 11.8 Å². The number of hydrogen-bond acceptors (Lipinski definition) is 4. The number of thioether (sulfide) groups is 1. The van der Waals surface area contributed by atoms with Gasteiger partial charge >= 0.3 is 10.1 Å². The predicted octanol–water partition coefficient (Wildman–Crippen LogP) is 9.81. The lowest BCUT2D eigenvalue weighted by Gasteiger charge is -2.20. The summed E-state index contributed by atoms with van der Waals surface area (Å²) in [5.41, 5.74) is 3.54. The van der Waals surface area contributed by atoms with Gasteiger partial charge in [-0.05, 0) is 77.8 Å². The van der Waals surface area contributed by atoms with E-state index in [1.165, 1.54) is 81.1 Å². The van der Waals surface area contributed by atoms with E-state index in [0.717, 1.165) is 11.1 Å². The summed E-state index contributed by atoms with van der Waals surface area (Å²) in [6, 6.07) is 11.3. The van der Waals surface area contributed by atoms with Crippen LogP contribution in [0.1, 0.15) is 133 Å². The van der Waals surface area contributed by atoms with Crippen molar-refractivity contribution >= 4 is 21.9 Å². The van der Waals surface area contributed by atoms with Crippen LogP contribution < -0.4 is 4.18 Å². The SMILES string of the molecule is CSc1c(C(C)C)cc(OS(=O)(=O)c2ccc(C3CCCCCCCCCCC3)cc2)cc1C(C)C. The lowest BCUT2D eigenvalue weighted by molar-refractivity contribution is 0.467.